The predicted octanol–water partition coefficient (Wildman–Crippen LogP) is 2.38. The maximum absolute atomic E-state index is 10.7. The first kappa shape index (κ1) is 12.8. The highest BCUT2D eigenvalue weighted by Crippen LogP contribution is 2.24. The van der Waals surface area contributed by atoms with Crippen molar-refractivity contribution in [3.8, 4) is 0 Å². The number of thiazole rings is 1. The molecular formula is C12H15N3O2S. The van der Waals surface area contributed by atoms with Crippen LogP contribution in [0.1, 0.15) is 41.8 Å². The number of carbonyl (C=O) groups is 1. The van der Waals surface area contributed by atoms with Crippen molar-refractivity contribution in [1.82, 2.24) is 14.8 Å². The van der Waals surface area contributed by atoms with E-state index in [1.54, 1.807) is 16.0 Å². The highest BCUT2D eigenvalue weighted by Gasteiger charge is 2.17. The van der Waals surface area contributed by atoms with Crippen LogP contribution < -0.4 is 0 Å². The molecule has 2 rings (SSSR count). The molecule has 2 aromatic heterocycles. The minimum atomic E-state index is -0.962. The van der Waals surface area contributed by atoms with E-state index in [0.29, 0.717) is 6.54 Å². The zero-order valence-electron chi connectivity index (χ0n) is 10.5. The molecule has 0 aromatic carbocycles. The van der Waals surface area contributed by atoms with Gasteiger partial charge in [-0.2, -0.15) is 5.10 Å². The van der Waals surface area contributed by atoms with E-state index in [-0.39, 0.29) is 11.0 Å². The molecule has 0 radical (unpaired) electrons. The Hall–Kier alpha value is -1.69. The standard InChI is InChI=1S/C12H15N3O2S/c1-12(2,3)9-7-18-10(14-9)6-15-5-8(4-13-15)11(16)17/h4-5,7H,6H2,1-3H3,(H,16,17). The van der Waals surface area contributed by atoms with Crippen molar-refractivity contribution < 1.29 is 9.90 Å². The fourth-order valence-corrected chi connectivity index (χ4v) is 2.44. The van der Waals surface area contributed by atoms with Gasteiger partial charge in [0.05, 0.1) is 24.0 Å². The third-order valence-corrected chi connectivity index (χ3v) is 3.33. The molecule has 0 saturated heterocycles. The van der Waals surface area contributed by atoms with Crippen LogP contribution in [0.25, 0.3) is 0 Å². The van der Waals surface area contributed by atoms with Crippen LogP contribution in [0.5, 0.6) is 0 Å². The lowest BCUT2D eigenvalue weighted by atomic mass is 9.93. The van der Waals surface area contributed by atoms with Crippen molar-refractivity contribution in [3.63, 3.8) is 0 Å². The summed E-state index contributed by atoms with van der Waals surface area (Å²) in [6, 6.07) is 0. The number of aromatic nitrogens is 3. The van der Waals surface area contributed by atoms with Gasteiger partial charge in [0.25, 0.3) is 0 Å². The molecule has 18 heavy (non-hydrogen) atoms. The van der Waals surface area contributed by atoms with Crippen molar-refractivity contribution in [3.05, 3.63) is 34.0 Å². The lowest BCUT2D eigenvalue weighted by Gasteiger charge is -2.14. The minimum Gasteiger partial charge on any atom is -0.478 e. The van der Waals surface area contributed by atoms with E-state index in [4.69, 9.17) is 5.11 Å². The second-order valence-corrected chi connectivity index (χ2v) is 6.05. The monoisotopic (exact) mass is 265 g/mol. The smallest absolute Gasteiger partial charge is 0.338 e. The number of carboxylic acid groups (broad SMARTS) is 1. The molecular weight excluding hydrogens is 250 g/mol. The number of carboxylic acids is 1. The molecule has 0 aliphatic carbocycles. The van der Waals surface area contributed by atoms with Gasteiger partial charge in [-0.3, -0.25) is 4.68 Å². The van der Waals surface area contributed by atoms with Crippen LogP contribution in [0.15, 0.2) is 17.8 Å². The van der Waals surface area contributed by atoms with E-state index < -0.39 is 5.97 Å². The molecule has 0 saturated carbocycles. The number of hydrogen-bond donors (Lipinski definition) is 1. The summed E-state index contributed by atoms with van der Waals surface area (Å²) in [5, 5.41) is 15.8. The van der Waals surface area contributed by atoms with Gasteiger partial charge in [0.2, 0.25) is 0 Å². The van der Waals surface area contributed by atoms with Gasteiger partial charge < -0.3 is 5.11 Å². The minimum absolute atomic E-state index is 0.0328. The van der Waals surface area contributed by atoms with E-state index in [0.717, 1.165) is 10.7 Å². The molecule has 5 nitrogen and oxygen atoms in total. The van der Waals surface area contributed by atoms with Crippen LogP contribution >= 0.6 is 11.3 Å². The van der Waals surface area contributed by atoms with Crippen LogP contribution in [0.4, 0.5) is 0 Å². The van der Waals surface area contributed by atoms with Crippen LogP contribution in [0, 0.1) is 0 Å². The van der Waals surface area contributed by atoms with Crippen molar-refractivity contribution >= 4 is 17.3 Å². The Morgan fingerprint density at radius 3 is 2.72 bits per heavy atom. The van der Waals surface area contributed by atoms with Crippen LogP contribution in [0.3, 0.4) is 0 Å². The summed E-state index contributed by atoms with van der Waals surface area (Å²) >= 11 is 1.57. The van der Waals surface area contributed by atoms with Crippen LogP contribution in [-0.2, 0) is 12.0 Å². The third-order valence-electron chi connectivity index (χ3n) is 2.50. The van der Waals surface area contributed by atoms with Gasteiger partial charge in [-0.25, -0.2) is 9.78 Å². The summed E-state index contributed by atoms with van der Waals surface area (Å²) in [7, 11) is 0. The quantitative estimate of drug-likeness (QED) is 0.925. The summed E-state index contributed by atoms with van der Waals surface area (Å²) in [5.74, 6) is -0.962. The zero-order valence-corrected chi connectivity index (χ0v) is 11.4. The fourth-order valence-electron chi connectivity index (χ4n) is 1.43. The molecule has 96 valence electrons. The lowest BCUT2D eigenvalue weighted by molar-refractivity contribution is 0.0697. The average Bonchev–Trinajstić information content (AvgIpc) is 2.85. The molecule has 0 spiro atoms. The molecule has 0 fully saturated rings. The lowest BCUT2D eigenvalue weighted by Crippen LogP contribution is -2.12. The van der Waals surface area contributed by atoms with E-state index in [1.165, 1.54) is 12.4 Å². The summed E-state index contributed by atoms with van der Waals surface area (Å²) in [5.41, 5.74) is 1.28. The molecule has 0 aliphatic rings. The van der Waals surface area contributed by atoms with Crippen molar-refractivity contribution in [2.45, 2.75) is 32.7 Å². The maximum atomic E-state index is 10.7. The Kier molecular flexibility index (Phi) is 3.21. The van der Waals surface area contributed by atoms with Gasteiger partial charge in [-0.1, -0.05) is 20.8 Å². The van der Waals surface area contributed by atoms with Gasteiger partial charge >= 0.3 is 5.97 Å². The Labute approximate surface area is 109 Å². The maximum Gasteiger partial charge on any atom is 0.338 e. The Morgan fingerprint density at radius 2 is 2.22 bits per heavy atom. The van der Waals surface area contributed by atoms with Gasteiger partial charge in [0.15, 0.2) is 0 Å². The van der Waals surface area contributed by atoms with Crippen LogP contribution in [0.2, 0.25) is 0 Å². The first-order valence-corrected chi connectivity index (χ1v) is 6.45. The Balaban J connectivity index is 2.14. The molecule has 0 unspecified atom stereocenters. The largest absolute Gasteiger partial charge is 0.478 e. The molecule has 2 heterocycles. The number of rotatable bonds is 3. The molecule has 0 bridgehead atoms. The predicted molar refractivity (Wildman–Crippen MR) is 69.1 cm³/mol. The van der Waals surface area contributed by atoms with Gasteiger partial charge in [-0.15, -0.1) is 11.3 Å². The molecule has 6 heteroatoms. The number of nitrogens with zero attached hydrogens (tertiary/aromatic N) is 3. The summed E-state index contributed by atoms with van der Waals surface area (Å²) in [4.78, 5) is 15.3. The first-order valence-electron chi connectivity index (χ1n) is 5.57. The molecule has 0 amide bonds. The Morgan fingerprint density at radius 1 is 1.50 bits per heavy atom. The normalized spacial score (nSPS) is 11.7. The summed E-state index contributed by atoms with van der Waals surface area (Å²) in [6.07, 6.45) is 2.86. The second-order valence-electron chi connectivity index (χ2n) is 5.11. The van der Waals surface area contributed by atoms with Crippen LogP contribution in [-0.4, -0.2) is 25.8 Å². The van der Waals surface area contributed by atoms with Crippen molar-refractivity contribution in [2.75, 3.05) is 0 Å². The summed E-state index contributed by atoms with van der Waals surface area (Å²) < 4.78 is 1.59. The topological polar surface area (TPSA) is 68.0 Å². The second kappa shape index (κ2) is 4.53. The van der Waals surface area contributed by atoms with Crippen molar-refractivity contribution in [1.29, 1.82) is 0 Å². The highest BCUT2D eigenvalue weighted by molar-refractivity contribution is 7.09. The van der Waals surface area contributed by atoms with E-state index >= 15 is 0 Å². The zero-order chi connectivity index (χ0) is 13.3. The van der Waals surface area contributed by atoms with E-state index in [9.17, 15) is 4.79 Å². The van der Waals surface area contributed by atoms with E-state index in [1.807, 2.05) is 5.38 Å². The fraction of sp³-hybridized carbons (Fsp3) is 0.417. The Bertz CT molecular complexity index is 566. The number of aromatic carboxylic acids is 1. The third kappa shape index (κ3) is 2.76. The molecule has 1 N–H and O–H groups in total. The first-order chi connectivity index (χ1) is 8.36. The molecule has 2 aromatic rings. The van der Waals surface area contributed by atoms with E-state index in [2.05, 4.69) is 30.9 Å². The molecule has 0 aliphatic heterocycles. The SMILES string of the molecule is CC(C)(C)c1csc(Cn2cc(C(=O)O)cn2)n1. The highest BCUT2D eigenvalue weighted by atomic mass is 32.1. The average molecular weight is 265 g/mol. The van der Waals surface area contributed by atoms with Gasteiger partial charge in [0.1, 0.15) is 5.01 Å². The summed E-state index contributed by atoms with van der Waals surface area (Å²) in [6.45, 7) is 6.85. The van der Waals surface area contributed by atoms with Gasteiger partial charge in [-0.05, 0) is 0 Å². The van der Waals surface area contributed by atoms with Gasteiger partial charge in [0, 0.05) is 17.0 Å². The van der Waals surface area contributed by atoms with Crippen molar-refractivity contribution in [2.24, 2.45) is 0 Å². The molecule has 0 atom stereocenters. The number of hydrogen-bond acceptors (Lipinski definition) is 4.